The summed E-state index contributed by atoms with van der Waals surface area (Å²) in [6, 6.07) is 13.2. The maximum Gasteiger partial charge on any atom is 0.335 e. The lowest BCUT2D eigenvalue weighted by molar-refractivity contribution is -0.119. The molecule has 0 bridgehead atoms. The number of fused-ring (bicyclic) bond motifs is 1. The maximum atomic E-state index is 11.4. The van der Waals surface area contributed by atoms with Crippen LogP contribution in [0.4, 0.5) is 5.69 Å². The number of primary amides is 1. The lowest BCUT2D eigenvalue weighted by Gasteiger charge is -2.35. The summed E-state index contributed by atoms with van der Waals surface area (Å²) in [4.78, 5) is 31.6. The summed E-state index contributed by atoms with van der Waals surface area (Å²) in [6.45, 7) is 3.96. The van der Waals surface area contributed by atoms with Crippen molar-refractivity contribution in [2.45, 2.75) is 6.42 Å². The second-order valence-electron chi connectivity index (χ2n) is 7.86. The van der Waals surface area contributed by atoms with Gasteiger partial charge in [-0.15, -0.1) is 0 Å². The quantitative estimate of drug-likeness (QED) is 0.549. The van der Waals surface area contributed by atoms with Gasteiger partial charge >= 0.3 is 5.97 Å². The highest BCUT2D eigenvalue weighted by atomic mass is 16.5. The van der Waals surface area contributed by atoms with Crippen molar-refractivity contribution in [2.75, 3.05) is 51.3 Å². The Bertz CT molecular complexity index is 1130. The first-order valence-corrected chi connectivity index (χ1v) is 10.6. The van der Waals surface area contributed by atoms with E-state index < -0.39 is 5.97 Å². The van der Waals surface area contributed by atoms with Gasteiger partial charge in [-0.25, -0.2) is 9.78 Å². The number of aromatic nitrogens is 2. The van der Waals surface area contributed by atoms with E-state index in [1.54, 1.807) is 25.3 Å². The largest absolute Gasteiger partial charge is 0.478 e. The fourth-order valence-corrected chi connectivity index (χ4v) is 4.13. The fraction of sp³-hybridized carbons (Fsp3) is 0.348. The molecule has 0 spiro atoms. The Kier molecular flexibility index (Phi) is 6.38. The Labute approximate surface area is 186 Å². The van der Waals surface area contributed by atoms with Crippen LogP contribution in [0.3, 0.4) is 0 Å². The summed E-state index contributed by atoms with van der Waals surface area (Å²) in [5.41, 5.74) is 9.06. The number of methoxy groups -OCH3 is 1. The topological polar surface area (TPSA) is 114 Å². The standard InChI is InChI=1S/C23H27N5O4/c1-32-12-7-22-25-19-13-16(23(30)31)5-6-20(19)28(22)18-4-2-3-17(14-18)27-10-8-26(9-11-27)15-21(24)29/h2-6,13-14H,7-12,15H2,1H3,(H2,24,29)(H,30,31). The molecule has 0 saturated carbocycles. The number of hydrogen-bond acceptors (Lipinski definition) is 6. The van der Waals surface area contributed by atoms with Crippen LogP contribution in [0.25, 0.3) is 16.7 Å². The molecule has 4 rings (SSSR count). The van der Waals surface area contributed by atoms with Crippen LogP contribution in [0.1, 0.15) is 16.2 Å². The molecule has 9 nitrogen and oxygen atoms in total. The van der Waals surface area contributed by atoms with E-state index in [9.17, 15) is 14.7 Å². The van der Waals surface area contributed by atoms with E-state index in [1.807, 2.05) is 12.1 Å². The molecule has 1 aliphatic heterocycles. The first kappa shape index (κ1) is 21.8. The molecule has 2 aromatic carbocycles. The normalized spacial score (nSPS) is 14.7. The van der Waals surface area contributed by atoms with Gasteiger partial charge < -0.3 is 20.5 Å². The number of carboxylic acids is 1. The predicted molar refractivity (Wildman–Crippen MR) is 121 cm³/mol. The molecule has 1 amide bonds. The number of imidazole rings is 1. The Balaban J connectivity index is 1.66. The molecule has 32 heavy (non-hydrogen) atoms. The first-order chi connectivity index (χ1) is 15.5. The number of nitrogens with two attached hydrogens (primary N) is 1. The highest BCUT2D eigenvalue weighted by molar-refractivity contribution is 5.93. The van der Waals surface area contributed by atoms with Gasteiger partial charge in [0.1, 0.15) is 5.82 Å². The average molecular weight is 438 g/mol. The molecule has 1 aromatic heterocycles. The summed E-state index contributed by atoms with van der Waals surface area (Å²) in [5.74, 6) is -0.466. The SMILES string of the molecule is COCCc1nc2cc(C(=O)O)ccc2n1-c1cccc(N2CCN(CC(N)=O)CC2)c1. The van der Waals surface area contributed by atoms with Gasteiger partial charge in [-0.1, -0.05) is 6.07 Å². The third-order valence-corrected chi connectivity index (χ3v) is 5.71. The zero-order valence-corrected chi connectivity index (χ0v) is 18.0. The van der Waals surface area contributed by atoms with Crippen molar-refractivity contribution >= 4 is 28.6 Å². The number of benzene rings is 2. The Morgan fingerprint density at radius 1 is 1.09 bits per heavy atom. The summed E-state index contributed by atoms with van der Waals surface area (Å²) in [6.07, 6.45) is 0.601. The molecule has 1 aliphatic rings. The second kappa shape index (κ2) is 9.37. The molecule has 0 atom stereocenters. The van der Waals surface area contributed by atoms with Crippen molar-refractivity contribution in [1.82, 2.24) is 14.5 Å². The molecule has 2 heterocycles. The fourth-order valence-electron chi connectivity index (χ4n) is 4.13. The van der Waals surface area contributed by atoms with Gasteiger partial charge in [0.05, 0.1) is 29.7 Å². The molecule has 3 N–H and O–H groups in total. The van der Waals surface area contributed by atoms with Gasteiger partial charge in [-0.3, -0.25) is 14.3 Å². The Hall–Kier alpha value is -3.43. The molecule has 0 radical (unpaired) electrons. The van der Waals surface area contributed by atoms with Gasteiger partial charge in [0.2, 0.25) is 5.91 Å². The van der Waals surface area contributed by atoms with Gasteiger partial charge in [-0.05, 0) is 36.4 Å². The predicted octanol–water partition coefficient (Wildman–Crippen LogP) is 1.52. The van der Waals surface area contributed by atoms with Crippen molar-refractivity contribution in [3.63, 3.8) is 0 Å². The minimum absolute atomic E-state index is 0.211. The zero-order chi connectivity index (χ0) is 22.7. The Morgan fingerprint density at radius 2 is 1.84 bits per heavy atom. The summed E-state index contributed by atoms with van der Waals surface area (Å²) in [5, 5.41) is 9.34. The number of rotatable bonds is 8. The van der Waals surface area contributed by atoms with E-state index in [0.29, 0.717) is 18.5 Å². The van der Waals surface area contributed by atoms with E-state index in [-0.39, 0.29) is 18.0 Å². The van der Waals surface area contributed by atoms with Crippen molar-refractivity contribution in [2.24, 2.45) is 5.73 Å². The highest BCUT2D eigenvalue weighted by Crippen LogP contribution is 2.27. The van der Waals surface area contributed by atoms with Crippen LogP contribution in [-0.2, 0) is 16.0 Å². The van der Waals surface area contributed by atoms with E-state index in [2.05, 4.69) is 26.5 Å². The van der Waals surface area contributed by atoms with Gasteiger partial charge in [0, 0.05) is 51.1 Å². The lowest BCUT2D eigenvalue weighted by atomic mass is 10.2. The minimum Gasteiger partial charge on any atom is -0.478 e. The van der Waals surface area contributed by atoms with Crippen LogP contribution >= 0.6 is 0 Å². The molecular formula is C23H27N5O4. The van der Waals surface area contributed by atoms with Crippen molar-refractivity contribution in [3.05, 3.63) is 53.9 Å². The van der Waals surface area contributed by atoms with Gasteiger partial charge in [0.25, 0.3) is 0 Å². The van der Waals surface area contributed by atoms with Crippen LogP contribution in [0.2, 0.25) is 0 Å². The molecule has 168 valence electrons. The monoisotopic (exact) mass is 437 g/mol. The molecule has 1 fully saturated rings. The summed E-state index contributed by atoms with van der Waals surface area (Å²) < 4.78 is 7.32. The van der Waals surface area contributed by atoms with Gasteiger partial charge in [-0.2, -0.15) is 0 Å². The van der Waals surface area contributed by atoms with E-state index in [0.717, 1.165) is 48.9 Å². The number of aromatic carboxylic acids is 1. The molecule has 0 aliphatic carbocycles. The van der Waals surface area contributed by atoms with Crippen LogP contribution < -0.4 is 10.6 Å². The number of nitrogens with zero attached hydrogens (tertiary/aromatic N) is 4. The molecule has 3 aromatic rings. The average Bonchev–Trinajstić information content (AvgIpc) is 3.15. The van der Waals surface area contributed by atoms with Crippen molar-refractivity contribution in [1.29, 1.82) is 0 Å². The number of carbonyl (C=O) groups excluding carboxylic acids is 1. The van der Waals surface area contributed by atoms with E-state index >= 15 is 0 Å². The number of hydrogen-bond donors (Lipinski definition) is 2. The first-order valence-electron chi connectivity index (χ1n) is 10.6. The number of amides is 1. The number of carbonyl (C=O) groups is 2. The van der Waals surface area contributed by atoms with Crippen LogP contribution in [0.5, 0.6) is 0 Å². The van der Waals surface area contributed by atoms with Crippen LogP contribution in [0.15, 0.2) is 42.5 Å². The van der Waals surface area contributed by atoms with E-state index in [4.69, 9.17) is 15.5 Å². The van der Waals surface area contributed by atoms with Crippen molar-refractivity contribution in [3.8, 4) is 5.69 Å². The third kappa shape index (κ3) is 4.58. The molecular weight excluding hydrogens is 410 g/mol. The lowest BCUT2D eigenvalue weighted by Crippen LogP contribution is -2.48. The third-order valence-electron chi connectivity index (χ3n) is 5.71. The number of piperazine rings is 1. The summed E-state index contributed by atoms with van der Waals surface area (Å²) in [7, 11) is 1.65. The summed E-state index contributed by atoms with van der Waals surface area (Å²) >= 11 is 0. The highest BCUT2D eigenvalue weighted by Gasteiger charge is 2.20. The minimum atomic E-state index is -0.975. The smallest absolute Gasteiger partial charge is 0.335 e. The van der Waals surface area contributed by atoms with E-state index in [1.165, 1.54) is 0 Å². The van der Waals surface area contributed by atoms with Crippen LogP contribution in [0, 0.1) is 0 Å². The van der Waals surface area contributed by atoms with Crippen molar-refractivity contribution < 1.29 is 19.4 Å². The Morgan fingerprint density at radius 3 is 2.53 bits per heavy atom. The number of anilines is 1. The molecule has 9 heteroatoms. The zero-order valence-electron chi connectivity index (χ0n) is 18.0. The molecule has 0 unspecified atom stereocenters. The van der Waals surface area contributed by atoms with Crippen LogP contribution in [-0.4, -0.2) is 77.9 Å². The second-order valence-corrected chi connectivity index (χ2v) is 7.86. The maximum absolute atomic E-state index is 11.4. The number of carboxylic acid groups (broad SMARTS) is 1. The molecule has 1 saturated heterocycles. The van der Waals surface area contributed by atoms with Gasteiger partial charge in [0.15, 0.2) is 0 Å². The number of ether oxygens (including phenoxy) is 1.